The van der Waals surface area contributed by atoms with Gasteiger partial charge in [0, 0.05) is 5.75 Å². The quantitative estimate of drug-likeness (QED) is 0.576. The summed E-state index contributed by atoms with van der Waals surface area (Å²) in [5.41, 5.74) is 0.987. The summed E-state index contributed by atoms with van der Waals surface area (Å²) in [6.45, 7) is 0. The zero-order valence-electron chi connectivity index (χ0n) is 7.50. The molecular weight excluding hydrogens is 265 g/mol. The van der Waals surface area contributed by atoms with E-state index in [1.807, 2.05) is 30.3 Å². The number of halogens is 4. The van der Waals surface area contributed by atoms with Crippen molar-refractivity contribution >= 4 is 33.2 Å². The third kappa shape index (κ3) is 5.04. The van der Waals surface area contributed by atoms with Gasteiger partial charge >= 0.3 is 6.18 Å². The Bertz CT molecular complexity index is 289. The highest BCUT2D eigenvalue weighted by Gasteiger charge is 2.38. The van der Waals surface area contributed by atoms with Gasteiger partial charge in [-0.1, -0.05) is 51.9 Å². The van der Waals surface area contributed by atoms with Crippen LogP contribution in [-0.4, -0.2) is 10.9 Å². The number of alkyl halides is 4. The zero-order chi connectivity index (χ0) is 11.3. The van der Waals surface area contributed by atoms with Crippen molar-refractivity contribution in [2.75, 3.05) is 0 Å². The summed E-state index contributed by atoms with van der Waals surface area (Å²) in [6, 6.07) is 9.29. The van der Waals surface area contributed by atoms with E-state index in [1.165, 1.54) is 0 Å². The molecule has 0 nitrogen and oxygen atoms in total. The molecule has 0 aliphatic carbocycles. The monoisotopic (exact) mass is 272 g/mol. The van der Waals surface area contributed by atoms with E-state index in [4.69, 9.17) is 11.6 Å². The number of hydrogen-bond donors (Lipinski definition) is 0. The fraction of sp³-hybridized carbons (Fsp3) is 0.333. The lowest BCUT2D eigenvalue weighted by molar-refractivity contribution is -0.113. The van der Waals surface area contributed by atoms with Gasteiger partial charge in [-0.05, 0) is 5.56 Å². The van der Waals surface area contributed by atoms with Gasteiger partial charge in [-0.3, -0.25) is 0 Å². The molecule has 1 aromatic rings. The van der Waals surface area contributed by atoms with Gasteiger partial charge in [0.25, 0.3) is 0 Å². The average molecular weight is 273 g/mol. The molecule has 0 heterocycles. The van der Waals surface area contributed by atoms with Crippen LogP contribution in [0, 0.1) is 0 Å². The van der Waals surface area contributed by atoms with Crippen molar-refractivity contribution in [2.24, 2.45) is 0 Å². The third-order valence-corrected chi connectivity index (χ3v) is 4.67. The second-order valence-electron chi connectivity index (χ2n) is 2.70. The summed E-state index contributed by atoms with van der Waals surface area (Å²) in [5, 5.41) is 0. The Morgan fingerprint density at radius 1 is 1.20 bits per heavy atom. The molecule has 84 valence electrons. The smallest absolute Gasteiger partial charge is 0.168 e. The molecule has 15 heavy (non-hydrogen) atoms. The average Bonchev–Trinajstić information content (AvgIpc) is 2.18. The molecule has 0 saturated carbocycles. The second-order valence-corrected chi connectivity index (χ2v) is 5.87. The summed E-state index contributed by atoms with van der Waals surface area (Å²) in [6.07, 6.45) is -4.34. The fourth-order valence-electron chi connectivity index (χ4n) is 0.791. The highest BCUT2D eigenvalue weighted by molar-refractivity contribution is 8.76. The molecule has 0 radical (unpaired) electrons. The maximum absolute atomic E-state index is 12.0. The Morgan fingerprint density at radius 2 is 1.80 bits per heavy atom. The van der Waals surface area contributed by atoms with Crippen LogP contribution in [0.15, 0.2) is 30.3 Å². The topological polar surface area (TPSA) is 0 Å². The summed E-state index contributed by atoms with van der Waals surface area (Å²) in [7, 11) is 1.74. The molecule has 0 spiro atoms. The molecule has 1 atom stereocenters. The van der Waals surface area contributed by atoms with Crippen LogP contribution in [0.2, 0.25) is 0 Å². The number of benzene rings is 1. The molecule has 1 unspecified atom stereocenters. The third-order valence-electron chi connectivity index (χ3n) is 1.48. The first-order chi connectivity index (χ1) is 7.00. The highest BCUT2D eigenvalue weighted by Crippen LogP contribution is 2.40. The van der Waals surface area contributed by atoms with Gasteiger partial charge in [-0.25, -0.2) is 0 Å². The fourth-order valence-corrected chi connectivity index (χ4v) is 3.18. The van der Waals surface area contributed by atoms with E-state index in [-0.39, 0.29) is 0 Å². The molecule has 0 bridgehead atoms. The van der Waals surface area contributed by atoms with Crippen molar-refractivity contribution in [3.8, 4) is 0 Å². The molecule has 1 rings (SSSR count). The standard InChI is InChI=1S/C9H8ClF3S2/c10-8(9(11,12)13)15-14-6-7-4-2-1-3-5-7/h1-5,8H,6H2. The van der Waals surface area contributed by atoms with Crippen LogP contribution in [-0.2, 0) is 5.75 Å². The van der Waals surface area contributed by atoms with Gasteiger partial charge in [0.2, 0.25) is 0 Å². The molecule has 0 aliphatic heterocycles. The van der Waals surface area contributed by atoms with Crippen LogP contribution in [0.3, 0.4) is 0 Å². The largest absolute Gasteiger partial charge is 0.414 e. The first-order valence-electron chi connectivity index (χ1n) is 4.03. The predicted octanol–water partition coefficient (Wildman–Crippen LogP) is 4.70. The summed E-state index contributed by atoms with van der Waals surface area (Å²) < 4.78 is 34.2. The van der Waals surface area contributed by atoms with E-state index in [2.05, 4.69) is 0 Å². The predicted molar refractivity (Wildman–Crippen MR) is 61.0 cm³/mol. The maximum atomic E-state index is 12.0. The molecule has 0 saturated heterocycles. The van der Waals surface area contributed by atoms with Crippen LogP contribution >= 0.6 is 33.2 Å². The molecule has 0 aromatic heterocycles. The molecule has 0 fully saturated rings. The van der Waals surface area contributed by atoms with Crippen molar-refractivity contribution in [3.63, 3.8) is 0 Å². The van der Waals surface area contributed by atoms with E-state index in [0.717, 1.165) is 16.4 Å². The van der Waals surface area contributed by atoms with E-state index < -0.39 is 10.9 Å². The molecular formula is C9H8ClF3S2. The van der Waals surface area contributed by atoms with Crippen molar-refractivity contribution in [2.45, 2.75) is 16.6 Å². The lowest BCUT2D eigenvalue weighted by atomic mass is 10.2. The molecule has 6 heteroatoms. The Morgan fingerprint density at radius 3 is 2.33 bits per heavy atom. The first kappa shape index (κ1) is 13.1. The SMILES string of the molecule is FC(F)(F)C(Cl)SSCc1ccccc1. The van der Waals surface area contributed by atoms with Crippen LogP contribution in [0.5, 0.6) is 0 Å². The minimum atomic E-state index is -4.34. The van der Waals surface area contributed by atoms with Gasteiger partial charge in [0.05, 0.1) is 0 Å². The van der Waals surface area contributed by atoms with Crippen molar-refractivity contribution < 1.29 is 13.2 Å². The van der Waals surface area contributed by atoms with E-state index >= 15 is 0 Å². The van der Waals surface area contributed by atoms with Crippen molar-refractivity contribution in [1.82, 2.24) is 0 Å². The van der Waals surface area contributed by atoms with E-state index in [0.29, 0.717) is 16.5 Å². The normalized spacial score (nSPS) is 13.9. The van der Waals surface area contributed by atoms with Gasteiger partial charge in [0.15, 0.2) is 4.71 Å². The van der Waals surface area contributed by atoms with E-state index in [9.17, 15) is 13.2 Å². The van der Waals surface area contributed by atoms with E-state index in [1.54, 1.807) is 0 Å². The summed E-state index contributed by atoms with van der Waals surface area (Å²) >= 11 is 5.14. The van der Waals surface area contributed by atoms with Crippen LogP contribution in [0.25, 0.3) is 0 Å². The minimum Gasteiger partial charge on any atom is -0.168 e. The Balaban J connectivity index is 2.28. The summed E-state index contributed by atoms with van der Waals surface area (Å²) in [4.78, 5) is 0. The zero-order valence-corrected chi connectivity index (χ0v) is 9.89. The van der Waals surface area contributed by atoms with Gasteiger partial charge in [-0.2, -0.15) is 13.2 Å². The Hall–Kier alpha value is -0.000000000000000111. The minimum absolute atomic E-state index is 0.519. The second kappa shape index (κ2) is 5.92. The molecule has 0 amide bonds. The molecule has 1 aromatic carbocycles. The van der Waals surface area contributed by atoms with Crippen molar-refractivity contribution in [1.29, 1.82) is 0 Å². The van der Waals surface area contributed by atoms with Gasteiger partial charge < -0.3 is 0 Å². The highest BCUT2D eigenvalue weighted by atomic mass is 35.5. The van der Waals surface area contributed by atoms with Gasteiger partial charge in [-0.15, -0.1) is 11.6 Å². The van der Waals surface area contributed by atoms with Crippen LogP contribution in [0.4, 0.5) is 13.2 Å². The molecule has 0 aliphatic rings. The first-order valence-corrected chi connectivity index (χ1v) is 6.85. The maximum Gasteiger partial charge on any atom is 0.414 e. The van der Waals surface area contributed by atoms with Gasteiger partial charge in [0.1, 0.15) is 0 Å². The lowest BCUT2D eigenvalue weighted by Gasteiger charge is -2.11. The summed E-state index contributed by atoms with van der Waals surface area (Å²) in [5.74, 6) is 0.519. The lowest BCUT2D eigenvalue weighted by Crippen LogP contribution is -2.18. The number of hydrogen-bond acceptors (Lipinski definition) is 2. The van der Waals surface area contributed by atoms with Crippen LogP contribution < -0.4 is 0 Å². The van der Waals surface area contributed by atoms with Crippen LogP contribution in [0.1, 0.15) is 5.56 Å². The molecule has 0 N–H and O–H groups in total. The van der Waals surface area contributed by atoms with Crippen molar-refractivity contribution in [3.05, 3.63) is 35.9 Å². The number of rotatable bonds is 4. The Kier molecular flexibility index (Phi) is 5.15. The Labute approximate surface area is 99.0 Å².